The van der Waals surface area contributed by atoms with E-state index >= 15 is 0 Å². The molecule has 0 fully saturated rings. The summed E-state index contributed by atoms with van der Waals surface area (Å²) in [6.07, 6.45) is 3.42. The van der Waals surface area contributed by atoms with Crippen LogP contribution >= 0.6 is 0 Å². The van der Waals surface area contributed by atoms with E-state index < -0.39 is 0 Å². The highest BCUT2D eigenvalue weighted by molar-refractivity contribution is 4.77. The van der Waals surface area contributed by atoms with Gasteiger partial charge < -0.3 is 11.1 Å². The summed E-state index contributed by atoms with van der Waals surface area (Å²) in [7, 11) is 0. The molecule has 0 aliphatic heterocycles. The summed E-state index contributed by atoms with van der Waals surface area (Å²) in [5.74, 6) is 0. The van der Waals surface area contributed by atoms with Crippen molar-refractivity contribution in [2.45, 2.75) is 6.92 Å². The molecule has 0 spiro atoms. The summed E-state index contributed by atoms with van der Waals surface area (Å²) in [5.41, 5.74) is 5.05. The predicted octanol–water partition coefficient (Wildman–Crippen LogP) is 0.0683. The molecule has 0 aromatic heterocycles. The highest BCUT2D eigenvalue weighted by atomic mass is 14.8. The maximum Gasteiger partial charge on any atom is 0.0151 e. The van der Waals surface area contributed by atoms with Gasteiger partial charge >= 0.3 is 0 Å². The van der Waals surface area contributed by atoms with Crippen molar-refractivity contribution < 1.29 is 0 Å². The third-order valence-corrected chi connectivity index (χ3v) is 0.648. The van der Waals surface area contributed by atoms with E-state index in [1.54, 1.807) is 6.20 Å². The van der Waals surface area contributed by atoms with Crippen LogP contribution in [-0.4, -0.2) is 13.1 Å². The number of nitrogens with two attached hydrogens (primary N) is 1. The van der Waals surface area contributed by atoms with Gasteiger partial charge in [0, 0.05) is 6.54 Å². The van der Waals surface area contributed by atoms with E-state index in [1.165, 1.54) is 0 Å². The molecule has 0 aliphatic rings. The van der Waals surface area contributed by atoms with Gasteiger partial charge in [-0.2, -0.15) is 0 Å². The van der Waals surface area contributed by atoms with E-state index in [1.807, 2.05) is 6.08 Å². The van der Waals surface area contributed by atoms with Gasteiger partial charge in [0.1, 0.15) is 0 Å². The van der Waals surface area contributed by atoms with Crippen LogP contribution < -0.4 is 11.1 Å². The minimum absolute atomic E-state index is 0.882. The molecule has 7 heavy (non-hydrogen) atoms. The lowest BCUT2D eigenvalue weighted by molar-refractivity contribution is 0.798. The van der Waals surface area contributed by atoms with Gasteiger partial charge in [-0.3, -0.25) is 0 Å². The smallest absolute Gasteiger partial charge is 0.0151 e. The van der Waals surface area contributed by atoms with Crippen molar-refractivity contribution in [3.8, 4) is 0 Å². The van der Waals surface area contributed by atoms with Gasteiger partial charge in [-0.25, -0.2) is 0 Å². The van der Waals surface area contributed by atoms with E-state index in [2.05, 4.69) is 12.2 Å². The van der Waals surface area contributed by atoms with Crippen LogP contribution in [-0.2, 0) is 0 Å². The molecule has 0 saturated heterocycles. The Kier molecular flexibility index (Phi) is 5.11. The Morgan fingerprint density at radius 2 is 2.43 bits per heavy atom. The molecule has 0 aromatic carbocycles. The quantitative estimate of drug-likeness (QED) is 0.492. The van der Waals surface area contributed by atoms with Gasteiger partial charge in [-0.05, 0) is 12.7 Å². The SMILES string of the molecule is CCNCC=CN. The molecule has 0 atom stereocenters. The van der Waals surface area contributed by atoms with Crippen LogP contribution in [0.25, 0.3) is 0 Å². The van der Waals surface area contributed by atoms with Crippen LogP contribution in [0, 0.1) is 0 Å². The van der Waals surface area contributed by atoms with Crippen molar-refractivity contribution in [1.82, 2.24) is 5.32 Å². The second kappa shape index (κ2) is 5.50. The van der Waals surface area contributed by atoms with E-state index in [0.29, 0.717) is 0 Å². The van der Waals surface area contributed by atoms with E-state index in [-0.39, 0.29) is 0 Å². The lowest BCUT2D eigenvalue weighted by Gasteiger charge is -1.89. The lowest BCUT2D eigenvalue weighted by atomic mass is 10.6. The molecule has 0 heterocycles. The molecule has 0 aromatic rings. The van der Waals surface area contributed by atoms with Crippen LogP contribution in [0.4, 0.5) is 0 Å². The third kappa shape index (κ3) is 5.50. The summed E-state index contributed by atoms with van der Waals surface area (Å²) < 4.78 is 0. The fourth-order valence-corrected chi connectivity index (χ4v) is 0.296. The Bertz CT molecular complexity index is 50.0. The van der Waals surface area contributed by atoms with Crippen molar-refractivity contribution >= 4 is 0 Å². The Hall–Kier alpha value is -0.500. The number of likely N-dealkylation sites (N-methyl/N-ethyl adjacent to an activating group) is 1. The molecule has 0 unspecified atom stereocenters. The second-order valence-corrected chi connectivity index (χ2v) is 1.24. The highest BCUT2D eigenvalue weighted by Crippen LogP contribution is 1.58. The molecule has 3 N–H and O–H groups in total. The van der Waals surface area contributed by atoms with Gasteiger partial charge in [0.15, 0.2) is 0 Å². The molecule has 0 aliphatic carbocycles. The van der Waals surface area contributed by atoms with Crippen molar-refractivity contribution in [3.05, 3.63) is 12.3 Å². The molecule has 0 rings (SSSR count). The molecule has 2 heteroatoms. The Morgan fingerprint density at radius 3 is 2.86 bits per heavy atom. The summed E-state index contributed by atoms with van der Waals surface area (Å²) in [6.45, 7) is 3.95. The Labute approximate surface area is 44.4 Å². The largest absolute Gasteiger partial charge is 0.405 e. The van der Waals surface area contributed by atoms with Crippen LogP contribution in [0.1, 0.15) is 6.92 Å². The number of hydrogen-bond acceptors (Lipinski definition) is 2. The highest BCUT2D eigenvalue weighted by Gasteiger charge is 1.69. The first-order valence-electron chi connectivity index (χ1n) is 2.49. The molecular formula is C5H12N2. The zero-order valence-corrected chi connectivity index (χ0v) is 4.65. The van der Waals surface area contributed by atoms with Gasteiger partial charge in [0.2, 0.25) is 0 Å². The van der Waals surface area contributed by atoms with Crippen LogP contribution in [0.2, 0.25) is 0 Å². The molecule has 0 amide bonds. The van der Waals surface area contributed by atoms with Crippen LogP contribution in [0.5, 0.6) is 0 Å². The predicted molar refractivity (Wildman–Crippen MR) is 31.9 cm³/mol. The van der Waals surface area contributed by atoms with E-state index in [9.17, 15) is 0 Å². The summed E-state index contributed by atoms with van der Waals surface area (Å²) >= 11 is 0. The molecule has 0 saturated carbocycles. The third-order valence-electron chi connectivity index (χ3n) is 0.648. The topological polar surface area (TPSA) is 38.0 Å². The first-order valence-corrected chi connectivity index (χ1v) is 2.49. The average Bonchev–Trinajstić information content (AvgIpc) is 1.69. The van der Waals surface area contributed by atoms with Crippen LogP contribution in [0.15, 0.2) is 12.3 Å². The Balaban J connectivity index is 2.69. The normalized spacial score (nSPS) is 10.4. The van der Waals surface area contributed by atoms with Crippen molar-refractivity contribution in [2.24, 2.45) is 5.73 Å². The van der Waals surface area contributed by atoms with Gasteiger partial charge in [0.05, 0.1) is 0 Å². The zero-order chi connectivity index (χ0) is 5.54. The van der Waals surface area contributed by atoms with Crippen molar-refractivity contribution in [3.63, 3.8) is 0 Å². The zero-order valence-electron chi connectivity index (χ0n) is 4.65. The summed E-state index contributed by atoms with van der Waals surface area (Å²) in [6, 6.07) is 0. The lowest BCUT2D eigenvalue weighted by Crippen LogP contribution is -2.11. The van der Waals surface area contributed by atoms with Gasteiger partial charge in [-0.1, -0.05) is 13.0 Å². The summed E-state index contributed by atoms with van der Waals surface area (Å²) in [4.78, 5) is 0. The molecular weight excluding hydrogens is 88.1 g/mol. The monoisotopic (exact) mass is 100 g/mol. The average molecular weight is 100 g/mol. The second-order valence-electron chi connectivity index (χ2n) is 1.24. The minimum atomic E-state index is 0.882. The maximum absolute atomic E-state index is 5.05. The minimum Gasteiger partial charge on any atom is -0.405 e. The van der Waals surface area contributed by atoms with Crippen molar-refractivity contribution in [2.75, 3.05) is 13.1 Å². The molecule has 42 valence electrons. The maximum atomic E-state index is 5.05. The molecule has 0 radical (unpaired) electrons. The van der Waals surface area contributed by atoms with Crippen LogP contribution in [0.3, 0.4) is 0 Å². The Morgan fingerprint density at radius 1 is 1.71 bits per heavy atom. The first-order chi connectivity index (χ1) is 3.41. The van der Waals surface area contributed by atoms with Gasteiger partial charge in [0.25, 0.3) is 0 Å². The molecule has 0 bridgehead atoms. The fraction of sp³-hybridized carbons (Fsp3) is 0.600. The summed E-state index contributed by atoms with van der Waals surface area (Å²) in [5, 5.41) is 3.08. The van der Waals surface area contributed by atoms with Crippen molar-refractivity contribution in [1.29, 1.82) is 0 Å². The fourth-order valence-electron chi connectivity index (χ4n) is 0.296. The standard InChI is InChI=1S/C5H12N2/c1-2-7-5-3-4-6/h3-4,7H,2,5-6H2,1H3. The first kappa shape index (κ1) is 6.50. The number of rotatable bonds is 3. The van der Waals surface area contributed by atoms with Gasteiger partial charge in [-0.15, -0.1) is 0 Å². The molecule has 2 nitrogen and oxygen atoms in total. The van der Waals surface area contributed by atoms with E-state index in [0.717, 1.165) is 13.1 Å². The van der Waals surface area contributed by atoms with E-state index in [4.69, 9.17) is 5.73 Å². The number of hydrogen-bond donors (Lipinski definition) is 2. The number of nitrogens with one attached hydrogen (secondary N) is 1.